The van der Waals surface area contributed by atoms with Gasteiger partial charge >= 0.3 is 5.97 Å². The number of esters is 1. The number of aromatic hydroxyl groups is 1. The molecule has 280 valence electrons. The Balaban J connectivity index is 1.32. The second-order valence-corrected chi connectivity index (χ2v) is 14.6. The maximum atomic E-state index is 15.1. The fourth-order valence-electron chi connectivity index (χ4n) is 8.84. The second kappa shape index (κ2) is 15.3. The number of carbonyl (C=O) groups is 3. The molecule has 2 amide bonds. The molecule has 9 heteroatoms. The van der Waals surface area contributed by atoms with Gasteiger partial charge in [-0.15, -0.1) is 6.58 Å². The molecular weight excluding hydrogens is 701 g/mol. The number of carbonyl (C=O) groups excluding carboxylic acids is 3. The Morgan fingerprint density at radius 3 is 2.23 bits per heavy atom. The normalized spacial score (nSPS) is 23.7. The van der Waals surface area contributed by atoms with Gasteiger partial charge in [-0.25, -0.2) is 0 Å². The summed E-state index contributed by atoms with van der Waals surface area (Å²) >= 11 is 0. The van der Waals surface area contributed by atoms with E-state index in [1.54, 1.807) is 30.3 Å². The number of anilines is 1. The molecule has 8 rings (SSSR count). The van der Waals surface area contributed by atoms with E-state index in [4.69, 9.17) is 4.74 Å². The Kier molecular flexibility index (Phi) is 10.0. The topological polar surface area (TPSA) is 111 Å². The van der Waals surface area contributed by atoms with Crippen LogP contribution in [0.25, 0.3) is 0 Å². The monoisotopic (exact) mass is 742 g/mol. The minimum absolute atomic E-state index is 0.0449. The average molecular weight is 743 g/mol. The minimum atomic E-state index is -1.64. The van der Waals surface area contributed by atoms with E-state index in [-0.39, 0.29) is 12.3 Å². The Bertz CT molecular complexity index is 2320. The van der Waals surface area contributed by atoms with E-state index in [0.717, 1.165) is 17.7 Å². The van der Waals surface area contributed by atoms with Crippen LogP contribution < -0.4 is 10.6 Å². The standard InChI is InChI=1S/C47H42N4O5/c1-3-27-48-44(53)39-41-45(54)56-42(34-19-11-6-12-20-34)40(33-17-9-5-10-18-33)51(41)43(35-22-24-36(52)25-23-35)47(39)37-29-31(21-26-38(37)49-46(47)55)16-13-28-50(2)30-32-14-7-4-8-15-32/h3-12,14-15,17-26,29,39-43,52H,1,27-28,30H2,2H3,(H,48,53)(H,49,55)/t39-,40-,41-,42+,43+,47-/m1/s1. The summed E-state index contributed by atoms with van der Waals surface area (Å²) in [6, 6.07) is 39.0. The number of fused-ring (bicyclic) bond motifs is 3. The van der Waals surface area contributed by atoms with Crippen LogP contribution in [0.2, 0.25) is 0 Å². The van der Waals surface area contributed by atoms with Gasteiger partial charge in [-0.1, -0.05) is 121 Å². The Hall–Kier alpha value is -6.47. The van der Waals surface area contributed by atoms with Crippen LogP contribution in [0.4, 0.5) is 5.69 Å². The van der Waals surface area contributed by atoms with Crippen LogP contribution in [0.3, 0.4) is 0 Å². The van der Waals surface area contributed by atoms with E-state index in [2.05, 4.69) is 46.1 Å². The van der Waals surface area contributed by atoms with E-state index in [0.29, 0.717) is 28.9 Å². The molecule has 1 spiro atoms. The lowest BCUT2D eigenvalue weighted by molar-refractivity contribution is -0.178. The van der Waals surface area contributed by atoms with Gasteiger partial charge < -0.3 is 20.5 Å². The molecule has 2 fully saturated rings. The van der Waals surface area contributed by atoms with Crippen molar-refractivity contribution in [3.05, 3.63) is 179 Å². The molecule has 0 aromatic heterocycles. The average Bonchev–Trinajstić information content (AvgIpc) is 3.70. The zero-order valence-electron chi connectivity index (χ0n) is 31.0. The maximum absolute atomic E-state index is 15.1. The number of cyclic esters (lactones) is 1. The molecular formula is C47H42N4O5. The fraction of sp³-hybridized carbons (Fsp3) is 0.213. The zero-order chi connectivity index (χ0) is 38.8. The predicted octanol–water partition coefficient (Wildman–Crippen LogP) is 6.45. The van der Waals surface area contributed by atoms with Crippen LogP contribution in [-0.4, -0.2) is 58.9 Å². The molecule has 0 unspecified atom stereocenters. The first-order valence-corrected chi connectivity index (χ1v) is 18.7. The third-order valence-electron chi connectivity index (χ3n) is 11.1. The van der Waals surface area contributed by atoms with Crippen molar-refractivity contribution >= 4 is 23.5 Å². The summed E-state index contributed by atoms with van der Waals surface area (Å²) in [6.45, 7) is 5.16. The molecule has 0 saturated carbocycles. The number of ether oxygens (including phenoxy) is 1. The van der Waals surface area contributed by atoms with Crippen molar-refractivity contribution in [3.63, 3.8) is 0 Å². The van der Waals surface area contributed by atoms with Gasteiger partial charge in [-0.2, -0.15) is 0 Å². The number of phenols is 1. The van der Waals surface area contributed by atoms with Gasteiger partial charge in [0.1, 0.15) is 23.3 Å². The summed E-state index contributed by atoms with van der Waals surface area (Å²) in [5.74, 6) is 3.90. The van der Waals surface area contributed by atoms with Gasteiger partial charge in [0.25, 0.3) is 0 Å². The first-order chi connectivity index (χ1) is 27.3. The number of nitrogens with one attached hydrogen (secondary N) is 2. The van der Waals surface area contributed by atoms with Gasteiger partial charge in [0, 0.05) is 24.3 Å². The van der Waals surface area contributed by atoms with Crippen LogP contribution in [0.1, 0.15) is 51.6 Å². The lowest BCUT2D eigenvalue weighted by atomic mass is 9.65. The minimum Gasteiger partial charge on any atom is -0.508 e. The van der Waals surface area contributed by atoms with Crippen molar-refractivity contribution in [2.75, 3.05) is 25.5 Å². The number of benzene rings is 5. The summed E-state index contributed by atoms with van der Waals surface area (Å²) in [4.78, 5) is 48.8. The van der Waals surface area contributed by atoms with Crippen molar-refractivity contribution < 1.29 is 24.2 Å². The highest BCUT2D eigenvalue weighted by atomic mass is 16.6. The van der Waals surface area contributed by atoms with Crippen LogP contribution >= 0.6 is 0 Å². The molecule has 0 bridgehead atoms. The van der Waals surface area contributed by atoms with Crippen LogP contribution in [0, 0.1) is 17.8 Å². The Morgan fingerprint density at radius 2 is 1.55 bits per heavy atom. The van der Waals surface area contributed by atoms with Crippen molar-refractivity contribution in [1.82, 2.24) is 15.1 Å². The van der Waals surface area contributed by atoms with E-state index >= 15 is 4.79 Å². The predicted molar refractivity (Wildman–Crippen MR) is 214 cm³/mol. The van der Waals surface area contributed by atoms with E-state index < -0.39 is 53.3 Å². The number of nitrogens with zero attached hydrogens (tertiary/aromatic N) is 2. The quantitative estimate of drug-likeness (QED) is 0.0905. The summed E-state index contributed by atoms with van der Waals surface area (Å²) in [5.41, 5.74) is 3.58. The Morgan fingerprint density at radius 1 is 0.893 bits per heavy atom. The molecule has 5 aromatic carbocycles. The number of rotatable bonds is 9. The van der Waals surface area contributed by atoms with Crippen molar-refractivity contribution in [2.45, 2.75) is 36.2 Å². The molecule has 3 N–H and O–H groups in total. The van der Waals surface area contributed by atoms with Gasteiger partial charge in [-0.3, -0.25) is 24.2 Å². The molecule has 0 aliphatic carbocycles. The molecule has 3 heterocycles. The number of hydrogen-bond donors (Lipinski definition) is 3. The lowest BCUT2D eigenvalue weighted by Crippen LogP contribution is -2.54. The third-order valence-corrected chi connectivity index (χ3v) is 11.1. The third kappa shape index (κ3) is 6.43. The highest BCUT2D eigenvalue weighted by Crippen LogP contribution is 2.64. The lowest BCUT2D eigenvalue weighted by Gasteiger charge is -2.46. The number of phenolic OH excluding ortho intramolecular Hbond substituents is 1. The SMILES string of the molecule is C=CCNC(=O)[C@H]1[C@@H]2C(=O)O[C@@H](c3ccccc3)[C@@H](c3ccccc3)N2[C@@H](c2ccc(O)cc2)[C@]12C(=O)Nc1ccc(C#CCN(C)Cc3ccccc3)cc12. The summed E-state index contributed by atoms with van der Waals surface area (Å²) in [6.07, 6.45) is 0.792. The maximum Gasteiger partial charge on any atom is 0.324 e. The van der Waals surface area contributed by atoms with Gasteiger partial charge in [0.2, 0.25) is 11.8 Å². The molecule has 2 saturated heterocycles. The molecule has 3 aliphatic heterocycles. The number of amides is 2. The Labute approximate surface area is 326 Å². The summed E-state index contributed by atoms with van der Waals surface area (Å²) in [7, 11) is 2.01. The first-order valence-electron chi connectivity index (χ1n) is 18.7. The van der Waals surface area contributed by atoms with Crippen molar-refractivity contribution in [1.29, 1.82) is 0 Å². The number of hydrogen-bond acceptors (Lipinski definition) is 7. The van der Waals surface area contributed by atoms with Gasteiger partial charge in [0.15, 0.2) is 0 Å². The van der Waals surface area contributed by atoms with Gasteiger partial charge in [0.05, 0.1) is 24.5 Å². The fourth-order valence-corrected chi connectivity index (χ4v) is 8.84. The highest BCUT2D eigenvalue weighted by molar-refractivity contribution is 6.12. The van der Waals surface area contributed by atoms with Gasteiger partial charge in [-0.05, 0) is 65.2 Å². The van der Waals surface area contributed by atoms with Crippen LogP contribution in [0.15, 0.2) is 146 Å². The zero-order valence-corrected chi connectivity index (χ0v) is 31.0. The second-order valence-electron chi connectivity index (χ2n) is 14.6. The molecule has 6 atom stereocenters. The molecule has 0 radical (unpaired) electrons. The number of morpholine rings is 1. The van der Waals surface area contributed by atoms with Crippen molar-refractivity contribution in [2.24, 2.45) is 5.92 Å². The van der Waals surface area contributed by atoms with Crippen molar-refractivity contribution in [3.8, 4) is 17.6 Å². The summed E-state index contributed by atoms with van der Waals surface area (Å²) < 4.78 is 6.43. The smallest absolute Gasteiger partial charge is 0.324 e. The molecule has 56 heavy (non-hydrogen) atoms. The summed E-state index contributed by atoms with van der Waals surface area (Å²) in [5, 5.41) is 16.5. The molecule has 5 aromatic rings. The highest BCUT2D eigenvalue weighted by Gasteiger charge is 2.74. The molecule has 3 aliphatic rings. The van der Waals surface area contributed by atoms with E-state index in [1.165, 1.54) is 5.56 Å². The molecule has 9 nitrogen and oxygen atoms in total. The van der Waals surface area contributed by atoms with E-state index in [1.807, 2.05) is 109 Å². The largest absolute Gasteiger partial charge is 0.508 e. The van der Waals surface area contributed by atoms with E-state index in [9.17, 15) is 14.7 Å². The first kappa shape index (κ1) is 36.5. The van der Waals surface area contributed by atoms with Crippen LogP contribution in [-0.2, 0) is 31.1 Å². The van der Waals surface area contributed by atoms with Crippen LogP contribution in [0.5, 0.6) is 5.75 Å².